The first-order valence-electron chi connectivity index (χ1n) is 13.5. The van der Waals surface area contributed by atoms with Gasteiger partial charge in [-0.15, -0.1) is 0 Å². The number of unbranched alkanes of at least 4 members (excludes halogenated alkanes) is 1. The largest absolute Gasteiger partial charge is 0.439 e. The average Bonchev–Trinajstić information content (AvgIpc) is 3.38. The molecule has 0 atom stereocenters. The van der Waals surface area contributed by atoms with E-state index < -0.39 is 5.76 Å². The second kappa shape index (κ2) is 12.5. The molecule has 0 bridgehead atoms. The Kier molecular flexibility index (Phi) is 8.91. The summed E-state index contributed by atoms with van der Waals surface area (Å²) in [7, 11) is 0. The van der Waals surface area contributed by atoms with Gasteiger partial charge in [0, 0.05) is 36.3 Å². The highest BCUT2D eigenvalue weighted by Gasteiger charge is 2.19. The lowest BCUT2D eigenvalue weighted by Gasteiger charge is -2.20. The molecule has 9 heteroatoms. The van der Waals surface area contributed by atoms with Crippen molar-refractivity contribution >= 4 is 5.91 Å². The number of aromatic amines is 1. The summed E-state index contributed by atoms with van der Waals surface area (Å²) in [4.78, 5) is 47.2. The van der Waals surface area contributed by atoms with E-state index in [-0.39, 0.29) is 17.9 Å². The third-order valence-electron chi connectivity index (χ3n) is 6.97. The smallest absolute Gasteiger partial charge is 0.343 e. The van der Waals surface area contributed by atoms with Gasteiger partial charge in [0.2, 0.25) is 5.91 Å². The number of carbonyl (C=O) groups is 1. The molecule has 0 aliphatic rings. The minimum Gasteiger partial charge on any atom is -0.343 e. The molecule has 0 spiro atoms. The van der Waals surface area contributed by atoms with Gasteiger partial charge in [0.05, 0.1) is 13.0 Å². The molecular formula is C30H35N5O4. The SMILES string of the molecule is CCCCc1nc(C)c(CC(=O)N(CC)CC)c(=O)n1Cc1ccc(-c2ccccc2-c2noc(=O)[nH]2)cc1. The maximum atomic E-state index is 13.7. The molecule has 0 unspecified atom stereocenters. The van der Waals surface area contributed by atoms with Gasteiger partial charge in [-0.25, -0.2) is 9.78 Å². The van der Waals surface area contributed by atoms with Gasteiger partial charge in [-0.1, -0.05) is 67.0 Å². The van der Waals surface area contributed by atoms with E-state index in [2.05, 4.69) is 17.1 Å². The van der Waals surface area contributed by atoms with Gasteiger partial charge in [-0.2, -0.15) is 0 Å². The number of H-pyrrole nitrogens is 1. The fourth-order valence-corrected chi connectivity index (χ4v) is 4.75. The molecule has 2 aromatic carbocycles. The molecule has 0 radical (unpaired) electrons. The second-order valence-electron chi connectivity index (χ2n) is 9.52. The molecular weight excluding hydrogens is 494 g/mol. The van der Waals surface area contributed by atoms with Crippen LogP contribution in [0, 0.1) is 6.92 Å². The number of nitrogens with one attached hydrogen (secondary N) is 1. The van der Waals surface area contributed by atoms with Crippen LogP contribution in [0.5, 0.6) is 0 Å². The highest BCUT2D eigenvalue weighted by molar-refractivity contribution is 5.80. The maximum Gasteiger partial charge on any atom is 0.439 e. The van der Waals surface area contributed by atoms with Crippen molar-refractivity contribution in [3.05, 3.63) is 92.1 Å². The number of aromatic nitrogens is 4. The summed E-state index contributed by atoms with van der Waals surface area (Å²) in [6, 6.07) is 15.5. The zero-order valence-electron chi connectivity index (χ0n) is 23.0. The van der Waals surface area contributed by atoms with E-state index in [9.17, 15) is 14.4 Å². The van der Waals surface area contributed by atoms with Crippen LogP contribution in [0.15, 0.2) is 62.6 Å². The van der Waals surface area contributed by atoms with Crippen molar-refractivity contribution in [2.75, 3.05) is 13.1 Å². The lowest BCUT2D eigenvalue weighted by atomic mass is 9.98. The van der Waals surface area contributed by atoms with Crippen molar-refractivity contribution < 1.29 is 9.32 Å². The summed E-state index contributed by atoms with van der Waals surface area (Å²) in [5, 5.41) is 3.83. The molecule has 39 heavy (non-hydrogen) atoms. The van der Waals surface area contributed by atoms with E-state index in [1.807, 2.05) is 69.3 Å². The van der Waals surface area contributed by atoms with Crippen molar-refractivity contribution in [2.24, 2.45) is 0 Å². The molecule has 4 aromatic rings. The molecule has 2 heterocycles. The van der Waals surface area contributed by atoms with E-state index in [4.69, 9.17) is 9.51 Å². The number of carbonyl (C=O) groups excluding carboxylic acids is 1. The first kappa shape index (κ1) is 27.8. The zero-order valence-corrected chi connectivity index (χ0v) is 23.0. The maximum absolute atomic E-state index is 13.7. The first-order chi connectivity index (χ1) is 18.9. The van der Waals surface area contributed by atoms with E-state index in [1.165, 1.54) is 0 Å². The Hall–Kier alpha value is -4.27. The van der Waals surface area contributed by atoms with Crippen LogP contribution in [0.2, 0.25) is 0 Å². The Balaban J connectivity index is 1.67. The van der Waals surface area contributed by atoms with Gasteiger partial charge >= 0.3 is 5.76 Å². The third kappa shape index (κ3) is 6.25. The van der Waals surface area contributed by atoms with Gasteiger partial charge in [0.15, 0.2) is 5.82 Å². The predicted molar refractivity (Wildman–Crippen MR) is 151 cm³/mol. The Morgan fingerprint density at radius 3 is 2.31 bits per heavy atom. The van der Waals surface area contributed by atoms with Crippen LogP contribution in [-0.4, -0.2) is 43.6 Å². The summed E-state index contributed by atoms with van der Waals surface area (Å²) >= 11 is 0. The monoisotopic (exact) mass is 529 g/mol. The highest BCUT2D eigenvalue weighted by Crippen LogP contribution is 2.30. The highest BCUT2D eigenvalue weighted by atomic mass is 16.5. The summed E-state index contributed by atoms with van der Waals surface area (Å²) in [5.41, 5.74) is 4.45. The molecule has 0 aliphatic carbocycles. The molecule has 0 saturated heterocycles. The molecule has 0 fully saturated rings. The van der Waals surface area contributed by atoms with E-state index in [0.717, 1.165) is 40.9 Å². The van der Waals surface area contributed by atoms with Crippen LogP contribution < -0.4 is 11.3 Å². The summed E-state index contributed by atoms with van der Waals surface area (Å²) in [6.07, 6.45) is 2.65. The molecule has 1 amide bonds. The fourth-order valence-electron chi connectivity index (χ4n) is 4.75. The number of amides is 1. The van der Waals surface area contributed by atoms with E-state index >= 15 is 0 Å². The number of aryl methyl sites for hydroxylation is 2. The van der Waals surface area contributed by atoms with Crippen LogP contribution in [0.3, 0.4) is 0 Å². The Labute approximate surface area is 227 Å². The number of hydrogen-bond acceptors (Lipinski definition) is 6. The van der Waals surface area contributed by atoms with Crippen molar-refractivity contribution in [2.45, 2.75) is 59.9 Å². The number of nitrogens with zero attached hydrogens (tertiary/aromatic N) is 4. The topological polar surface area (TPSA) is 114 Å². The van der Waals surface area contributed by atoms with Gasteiger partial charge in [0.25, 0.3) is 5.56 Å². The van der Waals surface area contributed by atoms with Crippen LogP contribution in [0.4, 0.5) is 0 Å². The van der Waals surface area contributed by atoms with Crippen LogP contribution in [0.1, 0.15) is 56.3 Å². The number of rotatable bonds is 11. The summed E-state index contributed by atoms with van der Waals surface area (Å²) < 4.78 is 6.41. The summed E-state index contributed by atoms with van der Waals surface area (Å²) in [6.45, 7) is 9.37. The van der Waals surface area contributed by atoms with Crippen molar-refractivity contribution in [1.82, 2.24) is 24.6 Å². The molecule has 204 valence electrons. The van der Waals surface area contributed by atoms with Crippen LogP contribution in [-0.2, 0) is 24.2 Å². The minimum absolute atomic E-state index is 0.0489. The molecule has 0 aliphatic heterocycles. The molecule has 4 rings (SSSR count). The first-order valence-corrected chi connectivity index (χ1v) is 13.5. The standard InChI is InChI=1S/C30H35N5O4/c1-5-8-13-26-31-20(4)25(18-27(36)34(6-2)7-3)29(37)35(26)19-21-14-16-22(17-15-21)23-11-9-10-12-24(23)28-32-30(38)39-33-28/h9-12,14-17H,5-8,13,18-19H2,1-4H3,(H,32,33,38). The van der Waals surface area contributed by atoms with E-state index in [1.54, 1.807) is 9.47 Å². The van der Waals surface area contributed by atoms with Crippen LogP contribution in [0.25, 0.3) is 22.5 Å². The molecule has 1 N–H and O–H groups in total. The van der Waals surface area contributed by atoms with E-state index in [0.29, 0.717) is 43.1 Å². The van der Waals surface area contributed by atoms with Gasteiger partial charge < -0.3 is 4.90 Å². The second-order valence-corrected chi connectivity index (χ2v) is 9.52. The molecule has 0 saturated carbocycles. The van der Waals surface area contributed by atoms with Gasteiger partial charge in [-0.05, 0) is 43.9 Å². The normalized spacial score (nSPS) is 11.1. The average molecular weight is 530 g/mol. The Morgan fingerprint density at radius 2 is 1.69 bits per heavy atom. The predicted octanol–water partition coefficient (Wildman–Crippen LogP) is 4.36. The zero-order chi connectivity index (χ0) is 27.9. The molecule has 2 aromatic heterocycles. The quantitative estimate of drug-likeness (QED) is 0.309. The number of benzene rings is 2. The van der Waals surface area contributed by atoms with Gasteiger partial charge in [-0.3, -0.25) is 23.7 Å². The lowest BCUT2D eigenvalue weighted by Crippen LogP contribution is -2.36. The number of hydrogen-bond donors (Lipinski definition) is 1. The van der Waals surface area contributed by atoms with Gasteiger partial charge in [0.1, 0.15) is 5.82 Å². The molecule has 9 nitrogen and oxygen atoms in total. The minimum atomic E-state index is -0.607. The van der Waals surface area contributed by atoms with Crippen molar-refractivity contribution in [1.29, 1.82) is 0 Å². The Morgan fingerprint density at radius 1 is 1.00 bits per heavy atom. The lowest BCUT2D eigenvalue weighted by molar-refractivity contribution is -0.130. The van der Waals surface area contributed by atoms with Crippen LogP contribution >= 0.6 is 0 Å². The van der Waals surface area contributed by atoms with Crippen molar-refractivity contribution in [3.8, 4) is 22.5 Å². The Bertz CT molecular complexity index is 1540. The third-order valence-corrected chi connectivity index (χ3v) is 6.97. The summed E-state index contributed by atoms with van der Waals surface area (Å²) in [5.74, 6) is 0.433. The fraction of sp³-hybridized carbons (Fsp3) is 0.367. The number of likely N-dealkylation sites (N-methyl/N-ethyl adjacent to an activating group) is 1. The van der Waals surface area contributed by atoms with Crippen molar-refractivity contribution in [3.63, 3.8) is 0 Å².